The molecule has 2 N–H and O–H groups in total. The van der Waals surface area contributed by atoms with Gasteiger partial charge in [-0.15, -0.1) is 0 Å². The van der Waals surface area contributed by atoms with Crippen LogP contribution in [0.15, 0.2) is 54.6 Å². The van der Waals surface area contributed by atoms with Crippen molar-refractivity contribution in [3.8, 4) is 0 Å². The summed E-state index contributed by atoms with van der Waals surface area (Å²) >= 11 is 0. The van der Waals surface area contributed by atoms with Crippen molar-refractivity contribution in [1.29, 1.82) is 0 Å². The Morgan fingerprint density at radius 3 is 2.40 bits per heavy atom. The van der Waals surface area contributed by atoms with E-state index in [1.807, 2.05) is 54.6 Å². The SMILES string of the molecule is CON1C(=O)[C@H](N)[C@@H](c2ccccc2)c2ccccc21. The lowest BCUT2D eigenvalue weighted by Crippen LogP contribution is -2.51. The Kier molecular flexibility index (Phi) is 3.26. The van der Waals surface area contributed by atoms with Gasteiger partial charge >= 0.3 is 0 Å². The fourth-order valence-corrected chi connectivity index (χ4v) is 2.76. The lowest BCUT2D eigenvalue weighted by molar-refractivity contribution is -0.127. The monoisotopic (exact) mass is 268 g/mol. The second-order valence-corrected chi connectivity index (χ2v) is 4.79. The highest BCUT2D eigenvalue weighted by Gasteiger charge is 2.39. The maximum atomic E-state index is 12.4. The van der Waals surface area contributed by atoms with E-state index in [0.717, 1.165) is 16.8 Å². The Hall–Kier alpha value is -2.17. The van der Waals surface area contributed by atoms with E-state index in [1.54, 1.807) is 0 Å². The van der Waals surface area contributed by atoms with E-state index < -0.39 is 6.04 Å². The molecular formula is C16H16N2O2. The van der Waals surface area contributed by atoms with Crippen LogP contribution in [0.3, 0.4) is 0 Å². The van der Waals surface area contributed by atoms with Crippen LogP contribution in [0, 0.1) is 0 Å². The van der Waals surface area contributed by atoms with Crippen LogP contribution >= 0.6 is 0 Å². The minimum Gasteiger partial charge on any atom is -0.319 e. The number of hydroxylamine groups is 1. The molecule has 0 bridgehead atoms. The molecule has 4 heteroatoms. The summed E-state index contributed by atoms with van der Waals surface area (Å²) in [6.07, 6.45) is 0. The third kappa shape index (κ3) is 1.90. The smallest absolute Gasteiger partial charge is 0.268 e. The van der Waals surface area contributed by atoms with Gasteiger partial charge in [-0.3, -0.25) is 9.63 Å². The molecule has 0 aromatic heterocycles. The molecule has 1 heterocycles. The minimum absolute atomic E-state index is 0.147. The Bertz CT molecular complexity index is 627. The number of carbonyl (C=O) groups excluding carboxylic acids is 1. The largest absolute Gasteiger partial charge is 0.319 e. The second kappa shape index (κ2) is 5.07. The van der Waals surface area contributed by atoms with Crippen LogP contribution in [0.4, 0.5) is 5.69 Å². The summed E-state index contributed by atoms with van der Waals surface area (Å²) in [5, 5.41) is 1.28. The van der Waals surface area contributed by atoms with Crippen molar-refractivity contribution in [2.75, 3.05) is 12.2 Å². The molecule has 2 atom stereocenters. The van der Waals surface area contributed by atoms with Crippen LogP contribution in [-0.2, 0) is 9.63 Å². The van der Waals surface area contributed by atoms with Gasteiger partial charge in [-0.25, -0.2) is 0 Å². The van der Waals surface area contributed by atoms with E-state index in [1.165, 1.54) is 12.2 Å². The summed E-state index contributed by atoms with van der Waals surface area (Å²) in [6.45, 7) is 0. The van der Waals surface area contributed by atoms with E-state index in [9.17, 15) is 4.79 Å². The number of carbonyl (C=O) groups is 1. The first kappa shape index (κ1) is 12.8. The molecule has 1 aliphatic rings. The summed E-state index contributed by atoms with van der Waals surface area (Å²) < 4.78 is 0. The number of amides is 1. The maximum Gasteiger partial charge on any atom is 0.268 e. The zero-order valence-corrected chi connectivity index (χ0v) is 11.2. The third-order valence-electron chi connectivity index (χ3n) is 3.68. The molecule has 1 amide bonds. The molecule has 0 aliphatic carbocycles. The van der Waals surface area contributed by atoms with Crippen molar-refractivity contribution < 1.29 is 9.63 Å². The molecule has 0 saturated carbocycles. The number of hydrogen-bond donors (Lipinski definition) is 1. The van der Waals surface area contributed by atoms with Gasteiger partial charge in [0.15, 0.2) is 0 Å². The van der Waals surface area contributed by atoms with Gasteiger partial charge in [0.2, 0.25) is 0 Å². The number of anilines is 1. The first-order chi connectivity index (χ1) is 9.74. The predicted molar refractivity (Wildman–Crippen MR) is 77.2 cm³/mol. The van der Waals surface area contributed by atoms with Crippen LogP contribution in [-0.4, -0.2) is 19.1 Å². The average molecular weight is 268 g/mol. The number of fused-ring (bicyclic) bond motifs is 1. The Morgan fingerprint density at radius 2 is 1.70 bits per heavy atom. The number of nitrogens with zero attached hydrogens (tertiary/aromatic N) is 1. The quantitative estimate of drug-likeness (QED) is 0.907. The van der Waals surface area contributed by atoms with E-state index >= 15 is 0 Å². The van der Waals surface area contributed by atoms with E-state index in [4.69, 9.17) is 10.6 Å². The van der Waals surface area contributed by atoms with E-state index in [-0.39, 0.29) is 11.8 Å². The molecule has 3 rings (SSSR count). The Balaban J connectivity index is 2.18. The number of nitrogens with two attached hydrogens (primary N) is 1. The van der Waals surface area contributed by atoms with Crippen LogP contribution in [0.1, 0.15) is 17.0 Å². The highest BCUT2D eigenvalue weighted by atomic mass is 16.7. The van der Waals surface area contributed by atoms with Crippen LogP contribution in [0.25, 0.3) is 0 Å². The summed E-state index contributed by atoms with van der Waals surface area (Å²) in [6, 6.07) is 16.9. The molecule has 0 saturated heterocycles. The predicted octanol–water partition coefficient (Wildman–Crippen LogP) is 2.05. The topological polar surface area (TPSA) is 55.6 Å². The number of benzene rings is 2. The first-order valence-electron chi connectivity index (χ1n) is 6.51. The molecule has 4 nitrogen and oxygen atoms in total. The van der Waals surface area contributed by atoms with Gasteiger partial charge in [0.05, 0.1) is 18.8 Å². The van der Waals surface area contributed by atoms with Gasteiger partial charge in [0.1, 0.15) is 0 Å². The summed E-state index contributed by atoms with van der Waals surface area (Å²) in [5.74, 6) is -0.369. The summed E-state index contributed by atoms with van der Waals surface area (Å²) in [7, 11) is 1.48. The Labute approximate surface area is 117 Å². The molecule has 1 aliphatic heterocycles. The van der Waals surface area contributed by atoms with Gasteiger partial charge in [0, 0.05) is 5.92 Å². The van der Waals surface area contributed by atoms with Gasteiger partial charge in [-0.2, -0.15) is 5.06 Å². The highest BCUT2D eigenvalue weighted by Crippen LogP contribution is 2.39. The normalized spacial score (nSPS) is 21.7. The van der Waals surface area contributed by atoms with Crippen molar-refractivity contribution in [2.45, 2.75) is 12.0 Å². The van der Waals surface area contributed by atoms with Crippen molar-refractivity contribution in [2.24, 2.45) is 5.73 Å². The standard InChI is InChI=1S/C16H16N2O2/c1-20-18-13-10-6-5-9-12(13)14(15(17)16(18)19)11-7-3-2-4-8-11/h2-10,14-15H,17H2,1H3/t14-,15+/m0/s1. The molecule has 0 unspecified atom stereocenters. The van der Waals surface area contributed by atoms with Crippen molar-refractivity contribution in [3.63, 3.8) is 0 Å². The zero-order valence-electron chi connectivity index (χ0n) is 11.2. The van der Waals surface area contributed by atoms with E-state index in [0.29, 0.717) is 0 Å². The lowest BCUT2D eigenvalue weighted by Gasteiger charge is -2.36. The fourth-order valence-electron chi connectivity index (χ4n) is 2.76. The third-order valence-corrected chi connectivity index (χ3v) is 3.68. The highest BCUT2D eigenvalue weighted by molar-refractivity contribution is 5.99. The van der Waals surface area contributed by atoms with Crippen LogP contribution in [0.2, 0.25) is 0 Å². The molecule has 20 heavy (non-hydrogen) atoms. The minimum atomic E-state index is -0.646. The van der Waals surface area contributed by atoms with Gasteiger partial charge in [0.25, 0.3) is 5.91 Å². The molecular weight excluding hydrogens is 252 g/mol. The van der Waals surface area contributed by atoms with Crippen molar-refractivity contribution >= 4 is 11.6 Å². The van der Waals surface area contributed by atoms with Gasteiger partial charge in [-0.1, -0.05) is 48.5 Å². The van der Waals surface area contributed by atoms with Gasteiger partial charge in [-0.05, 0) is 17.2 Å². The number of para-hydroxylation sites is 1. The maximum absolute atomic E-state index is 12.4. The molecule has 2 aromatic rings. The summed E-state index contributed by atoms with van der Waals surface area (Å²) in [4.78, 5) is 17.6. The van der Waals surface area contributed by atoms with Gasteiger partial charge < -0.3 is 5.73 Å². The zero-order chi connectivity index (χ0) is 14.1. The van der Waals surface area contributed by atoms with Crippen LogP contribution < -0.4 is 10.8 Å². The fraction of sp³-hybridized carbons (Fsp3) is 0.188. The second-order valence-electron chi connectivity index (χ2n) is 4.79. The first-order valence-corrected chi connectivity index (χ1v) is 6.51. The summed E-state index contributed by atoms with van der Waals surface area (Å²) in [5.41, 5.74) is 8.97. The molecule has 0 spiro atoms. The number of rotatable bonds is 2. The van der Waals surface area contributed by atoms with E-state index in [2.05, 4.69) is 0 Å². The van der Waals surface area contributed by atoms with Crippen molar-refractivity contribution in [1.82, 2.24) is 0 Å². The van der Waals surface area contributed by atoms with Crippen LogP contribution in [0.5, 0.6) is 0 Å². The van der Waals surface area contributed by atoms with Crippen molar-refractivity contribution in [3.05, 3.63) is 65.7 Å². The lowest BCUT2D eigenvalue weighted by atomic mass is 9.81. The molecule has 0 fully saturated rings. The number of hydrogen-bond acceptors (Lipinski definition) is 3. The molecule has 2 aromatic carbocycles. The average Bonchev–Trinajstić information content (AvgIpc) is 2.50. The molecule has 102 valence electrons. The molecule has 0 radical (unpaired) electrons. The Morgan fingerprint density at radius 1 is 1.05 bits per heavy atom.